The van der Waals surface area contributed by atoms with Crippen molar-refractivity contribution in [2.24, 2.45) is 11.8 Å². The van der Waals surface area contributed by atoms with E-state index >= 15 is 0 Å². The first-order chi connectivity index (χ1) is 19.8. The van der Waals surface area contributed by atoms with Gasteiger partial charge in [-0.1, -0.05) is 26.2 Å². The van der Waals surface area contributed by atoms with Crippen molar-refractivity contribution < 1.29 is 28.9 Å². The largest absolute Gasteiger partial charge is 0.488 e. The molecule has 2 aromatic rings. The second-order valence-electron chi connectivity index (χ2n) is 11.7. The lowest BCUT2D eigenvalue weighted by Crippen LogP contribution is -2.50. The van der Waals surface area contributed by atoms with E-state index < -0.39 is 6.03 Å². The fourth-order valence-corrected chi connectivity index (χ4v) is 5.98. The number of amides is 3. The van der Waals surface area contributed by atoms with Crippen LogP contribution >= 0.6 is 0 Å². The summed E-state index contributed by atoms with van der Waals surface area (Å²) in [5.74, 6) is 2.22. The molecular weight excluding hydrogens is 524 g/mol. The van der Waals surface area contributed by atoms with Crippen LogP contribution in [0.2, 0.25) is 0 Å². The number of nitrogens with one attached hydrogen (secondary N) is 2. The number of rotatable bonds is 8. The molecule has 41 heavy (non-hydrogen) atoms. The maximum atomic E-state index is 13.7. The molecule has 0 spiro atoms. The molecule has 0 saturated heterocycles. The zero-order valence-corrected chi connectivity index (χ0v) is 24.2. The van der Waals surface area contributed by atoms with Crippen LogP contribution in [0.1, 0.15) is 56.3 Å². The minimum absolute atomic E-state index is 0.0557. The molecule has 5 rings (SSSR count). The molecule has 0 aromatic heterocycles. The highest BCUT2D eigenvalue weighted by molar-refractivity contribution is 6.02. The van der Waals surface area contributed by atoms with Gasteiger partial charge in [0.2, 0.25) is 6.79 Å². The molecular formula is C31H42N4O6. The molecule has 3 aliphatic rings. The molecule has 0 radical (unpaired) electrons. The lowest BCUT2D eigenvalue weighted by atomic mass is 9.89. The number of aliphatic hydroxyl groups excluding tert-OH is 1. The number of ether oxygens (including phenoxy) is 3. The number of hydrogen-bond donors (Lipinski definition) is 3. The lowest BCUT2D eigenvalue weighted by molar-refractivity contribution is 0.0330. The van der Waals surface area contributed by atoms with Gasteiger partial charge in [-0.15, -0.1) is 0 Å². The van der Waals surface area contributed by atoms with Crippen LogP contribution in [0.25, 0.3) is 0 Å². The lowest BCUT2D eigenvalue weighted by Gasteiger charge is -2.38. The monoisotopic (exact) mass is 566 g/mol. The van der Waals surface area contributed by atoms with Crippen LogP contribution in [0, 0.1) is 11.8 Å². The van der Waals surface area contributed by atoms with E-state index in [1.807, 2.05) is 6.92 Å². The van der Waals surface area contributed by atoms with E-state index in [0.29, 0.717) is 40.7 Å². The Labute approximate surface area is 241 Å². The number of nitrogens with zero attached hydrogens (tertiary/aromatic N) is 2. The third-order valence-electron chi connectivity index (χ3n) is 8.34. The normalized spacial score (nSPS) is 21.5. The summed E-state index contributed by atoms with van der Waals surface area (Å²) in [6, 6.07) is 9.47. The Morgan fingerprint density at radius 2 is 1.71 bits per heavy atom. The van der Waals surface area contributed by atoms with Crippen molar-refractivity contribution in [1.29, 1.82) is 0 Å². The van der Waals surface area contributed by atoms with E-state index in [1.165, 1.54) is 32.1 Å². The van der Waals surface area contributed by atoms with Gasteiger partial charge in [0, 0.05) is 43.0 Å². The van der Waals surface area contributed by atoms with Crippen molar-refractivity contribution in [2.45, 2.75) is 58.1 Å². The summed E-state index contributed by atoms with van der Waals surface area (Å²) < 4.78 is 17.2. The molecule has 2 heterocycles. The third kappa shape index (κ3) is 7.05. The number of urea groups is 1. The summed E-state index contributed by atoms with van der Waals surface area (Å²) in [5, 5.41) is 15.6. The summed E-state index contributed by atoms with van der Waals surface area (Å²) in [6.45, 7) is 6.20. The van der Waals surface area contributed by atoms with Crippen LogP contribution in [0.15, 0.2) is 36.4 Å². The van der Waals surface area contributed by atoms with Gasteiger partial charge in [0.1, 0.15) is 11.9 Å². The smallest absolute Gasteiger partial charge is 0.323 e. The summed E-state index contributed by atoms with van der Waals surface area (Å²) in [7, 11) is 2.15. The van der Waals surface area contributed by atoms with E-state index in [1.54, 1.807) is 41.3 Å². The van der Waals surface area contributed by atoms with Crippen LogP contribution in [-0.4, -0.2) is 79.1 Å². The Morgan fingerprint density at radius 3 is 2.44 bits per heavy atom. The first kappa shape index (κ1) is 29.0. The molecule has 1 aliphatic carbocycles. The quantitative estimate of drug-likeness (QED) is 0.421. The maximum absolute atomic E-state index is 13.7. The van der Waals surface area contributed by atoms with Crippen molar-refractivity contribution in [3.63, 3.8) is 0 Å². The summed E-state index contributed by atoms with van der Waals surface area (Å²) >= 11 is 0. The molecule has 3 amide bonds. The van der Waals surface area contributed by atoms with Gasteiger partial charge in [-0.2, -0.15) is 0 Å². The number of fused-ring (bicyclic) bond motifs is 2. The fourth-order valence-electron chi connectivity index (χ4n) is 5.98. The van der Waals surface area contributed by atoms with Gasteiger partial charge in [-0.05, 0) is 63.1 Å². The third-order valence-corrected chi connectivity index (χ3v) is 8.34. The van der Waals surface area contributed by atoms with Crippen molar-refractivity contribution in [1.82, 2.24) is 9.80 Å². The Bertz CT molecular complexity index is 1230. The molecule has 1 fully saturated rings. The predicted octanol–water partition coefficient (Wildman–Crippen LogP) is 4.79. The first-order valence-electron chi connectivity index (χ1n) is 14.7. The van der Waals surface area contributed by atoms with E-state index in [9.17, 15) is 14.7 Å². The molecule has 2 aliphatic heterocycles. The number of aliphatic hydroxyl groups is 1. The summed E-state index contributed by atoms with van der Waals surface area (Å²) in [4.78, 5) is 30.6. The predicted molar refractivity (Wildman–Crippen MR) is 157 cm³/mol. The number of likely N-dealkylation sites (N-methyl/N-ethyl adjacent to an activating group) is 1. The van der Waals surface area contributed by atoms with Crippen molar-refractivity contribution in [3.8, 4) is 17.2 Å². The Balaban J connectivity index is 1.32. The average molecular weight is 567 g/mol. The highest BCUT2D eigenvalue weighted by Crippen LogP contribution is 2.35. The van der Waals surface area contributed by atoms with Crippen LogP contribution in [-0.2, 0) is 0 Å². The van der Waals surface area contributed by atoms with Gasteiger partial charge >= 0.3 is 6.03 Å². The molecule has 2 aromatic carbocycles. The van der Waals surface area contributed by atoms with E-state index in [-0.39, 0.29) is 37.4 Å². The second kappa shape index (κ2) is 13.0. The van der Waals surface area contributed by atoms with Crippen LogP contribution in [0.4, 0.5) is 16.2 Å². The molecule has 3 N–H and O–H groups in total. The maximum Gasteiger partial charge on any atom is 0.323 e. The highest BCUT2D eigenvalue weighted by Gasteiger charge is 2.34. The van der Waals surface area contributed by atoms with Gasteiger partial charge in [-0.25, -0.2) is 4.79 Å². The fraction of sp³-hybridized carbons (Fsp3) is 0.548. The summed E-state index contributed by atoms with van der Waals surface area (Å²) in [6.07, 6.45) is 6.37. The topological polar surface area (TPSA) is 113 Å². The molecule has 0 bridgehead atoms. The Morgan fingerprint density at radius 1 is 1.02 bits per heavy atom. The van der Waals surface area contributed by atoms with E-state index in [0.717, 1.165) is 19.0 Å². The molecule has 10 heteroatoms. The van der Waals surface area contributed by atoms with Gasteiger partial charge in [0.25, 0.3) is 5.91 Å². The standard InChI is InChI=1S/C31H42N4O6/c1-20-15-35(21(2)18-36)30(37)25-13-23(32-31(38)33-24-10-12-27-28(14-24)40-19-39-27)9-11-26(25)41-29(20)17-34(3)16-22-7-5-4-6-8-22/h9-14,20-22,29,36H,4-8,15-19H2,1-3H3,(H2,32,33,38)/t20-,21-,29+/m0/s1. The van der Waals surface area contributed by atoms with Gasteiger partial charge in [0.05, 0.1) is 18.2 Å². The summed E-state index contributed by atoms with van der Waals surface area (Å²) in [5.41, 5.74) is 1.36. The molecule has 10 nitrogen and oxygen atoms in total. The van der Waals surface area contributed by atoms with Crippen molar-refractivity contribution in [2.75, 3.05) is 50.7 Å². The second-order valence-corrected chi connectivity index (χ2v) is 11.7. The molecule has 3 atom stereocenters. The Kier molecular flexibility index (Phi) is 9.19. The van der Waals surface area contributed by atoms with Crippen LogP contribution in [0.3, 0.4) is 0 Å². The van der Waals surface area contributed by atoms with Gasteiger partial charge < -0.3 is 39.8 Å². The van der Waals surface area contributed by atoms with Gasteiger partial charge in [-0.3, -0.25) is 4.79 Å². The Hall–Kier alpha value is -3.50. The average Bonchev–Trinajstić information content (AvgIpc) is 3.43. The molecule has 1 saturated carbocycles. The van der Waals surface area contributed by atoms with E-state index in [4.69, 9.17) is 14.2 Å². The zero-order chi connectivity index (χ0) is 28.9. The van der Waals surface area contributed by atoms with Crippen molar-refractivity contribution >= 4 is 23.3 Å². The number of anilines is 2. The van der Waals surface area contributed by atoms with Crippen LogP contribution < -0.4 is 24.8 Å². The number of carbonyl (C=O) groups excluding carboxylic acids is 2. The molecule has 0 unspecified atom stereocenters. The van der Waals surface area contributed by atoms with E-state index in [2.05, 4.69) is 29.5 Å². The highest BCUT2D eigenvalue weighted by atomic mass is 16.7. The number of hydrogen-bond acceptors (Lipinski definition) is 7. The van der Waals surface area contributed by atoms with Gasteiger partial charge in [0.15, 0.2) is 11.5 Å². The number of carbonyl (C=O) groups is 2. The zero-order valence-electron chi connectivity index (χ0n) is 24.2. The minimum atomic E-state index is -0.459. The first-order valence-corrected chi connectivity index (χ1v) is 14.7. The van der Waals surface area contributed by atoms with Crippen molar-refractivity contribution in [3.05, 3.63) is 42.0 Å². The minimum Gasteiger partial charge on any atom is -0.488 e. The molecule has 222 valence electrons. The SMILES string of the molecule is C[C@H]1CN([C@@H](C)CO)C(=O)c2cc(NC(=O)Nc3ccc4c(c3)OCO4)ccc2O[C@@H]1CN(C)CC1CCCCC1. The van der Waals surface area contributed by atoms with Crippen LogP contribution in [0.5, 0.6) is 17.2 Å². The number of benzene rings is 2.